The number of nitrogens with one attached hydrogen (secondary N) is 2. The maximum Gasteiger partial charge on any atom is 0.341 e. The van der Waals surface area contributed by atoms with Crippen LogP contribution in [0.15, 0.2) is 53.9 Å². The lowest BCUT2D eigenvalue weighted by Crippen LogP contribution is -2.22. The number of thiophene rings is 1. The van der Waals surface area contributed by atoms with Gasteiger partial charge in [0.15, 0.2) is 0 Å². The highest BCUT2D eigenvalue weighted by Gasteiger charge is 2.23. The first kappa shape index (κ1) is 20.9. The first-order valence-electron chi connectivity index (χ1n) is 9.13. The molecule has 0 unspecified atom stereocenters. The van der Waals surface area contributed by atoms with Crippen LogP contribution in [0, 0.1) is 6.92 Å². The zero-order valence-electron chi connectivity index (χ0n) is 16.1. The third kappa shape index (κ3) is 5.16. The highest BCUT2D eigenvalue weighted by Crippen LogP contribution is 2.39. The molecule has 0 aliphatic heterocycles. The molecule has 1 heterocycles. The van der Waals surface area contributed by atoms with Gasteiger partial charge in [-0.1, -0.05) is 41.9 Å². The number of ether oxygens (including phenoxy) is 1. The number of halogens is 1. The largest absolute Gasteiger partial charge is 0.462 e. The molecule has 7 heteroatoms. The van der Waals surface area contributed by atoms with Crippen molar-refractivity contribution in [2.45, 2.75) is 13.8 Å². The summed E-state index contributed by atoms with van der Waals surface area (Å²) in [6, 6.07) is 15.0. The molecule has 150 valence electrons. The molecule has 0 aliphatic rings. The van der Waals surface area contributed by atoms with Gasteiger partial charge in [-0.05, 0) is 37.6 Å². The van der Waals surface area contributed by atoms with Crippen LogP contribution in [0.25, 0.3) is 11.1 Å². The summed E-state index contributed by atoms with van der Waals surface area (Å²) in [5.74, 6) is -0.754. The lowest BCUT2D eigenvalue weighted by molar-refractivity contribution is -0.114. The molecule has 1 amide bonds. The Morgan fingerprint density at radius 1 is 1.10 bits per heavy atom. The van der Waals surface area contributed by atoms with Crippen molar-refractivity contribution in [3.05, 3.63) is 70.1 Å². The lowest BCUT2D eigenvalue weighted by atomic mass is 10.0. The molecule has 5 nitrogen and oxygen atoms in total. The minimum absolute atomic E-state index is 0.0744. The molecule has 0 bridgehead atoms. The van der Waals surface area contributed by atoms with Gasteiger partial charge in [0.2, 0.25) is 5.91 Å². The average molecular weight is 429 g/mol. The van der Waals surface area contributed by atoms with Crippen molar-refractivity contribution in [2.75, 3.05) is 23.8 Å². The number of aryl methyl sites for hydroxylation is 1. The van der Waals surface area contributed by atoms with E-state index in [1.165, 1.54) is 11.3 Å². The minimum Gasteiger partial charge on any atom is -0.462 e. The van der Waals surface area contributed by atoms with Crippen molar-refractivity contribution in [1.29, 1.82) is 0 Å². The van der Waals surface area contributed by atoms with Crippen molar-refractivity contribution in [2.24, 2.45) is 0 Å². The van der Waals surface area contributed by atoms with Gasteiger partial charge in [-0.3, -0.25) is 4.79 Å². The smallest absolute Gasteiger partial charge is 0.341 e. The molecule has 0 saturated carbocycles. The molecule has 3 rings (SSSR count). The number of carbonyl (C=O) groups is 2. The molecule has 1 aromatic heterocycles. The topological polar surface area (TPSA) is 67.4 Å². The van der Waals surface area contributed by atoms with Gasteiger partial charge in [0.25, 0.3) is 0 Å². The molecule has 2 N–H and O–H groups in total. The van der Waals surface area contributed by atoms with Crippen molar-refractivity contribution in [3.63, 3.8) is 0 Å². The van der Waals surface area contributed by atoms with Crippen LogP contribution in [-0.2, 0) is 9.53 Å². The number of rotatable bonds is 7. The number of amides is 1. The summed E-state index contributed by atoms with van der Waals surface area (Å²) >= 11 is 7.58. The number of esters is 1. The lowest BCUT2D eigenvalue weighted by Gasteiger charge is -2.10. The van der Waals surface area contributed by atoms with Crippen LogP contribution in [-0.4, -0.2) is 25.0 Å². The predicted octanol–water partition coefficient (Wildman–Crippen LogP) is 5.60. The van der Waals surface area contributed by atoms with Crippen LogP contribution >= 0.6 is 22.9 Å². The third-order valence-electron chi connectivity index (χ3n) is 4.16. The normalized spacial score (nSPS) is 10.4. The SMILES string of the molecule is CCOC(=O)c1c(-c2ccccc2Cl)csc1NC(=O)CNc1cccc(C)c1. The van der Waals surface area contributed by atoms with Gasteiger partial charge in [0.1, 0.15) is 10.6 Å². The first-order valence-corrected chi connectivity index (χ1v) is 10.4. The van der Waals surface area contributed by atoms with Crippen LogP contribution in [0.5, 0.6) is 0 Å². The Hall–Kier alpha value is -2.83. The zero-order valence-corrected chi connectivity index (χ0v) is 17.7. The number of carbonyl (C=O) groups excluding carboxylic acids is 2. The summed E-state index contributed by atoms with van der Waals surface area (Å²) in [5, 5.41) is 8.66. The Morgan fingerprint density at radius 2 is 1.90 bits per heavy atom. The van der Waals surface area contributed by atoms with Crippen LogP contribution in [0.2, 0.25) is 5.02 Å². The second-order valence-corrected chi connectivity index (χ2v) is 7.61. The number of anilines is 2. The Labute approximate surface area is 178 Å². The zero-order chi connectivity index (χ0) is 20.8. The van der Waals surface area contributed by atoms with E-state index in [2.05, 4.69) is 10.6 Å². The average Bonchev–Trinajstić information content (AvgIpc) is 3.10. The molecule has 0 spiro atoms. The molecule has 3 aromatic rings. The molecular weight excluding hydrogens is 408 g/mol. The fraction of sp³-hybridized carbons (Fsp3) is 0.182. The predicted molar refractivity (Wildman–Crippen MR) is 119 cm³/mol. The van der Waals surface area contributed by atoms with E-state index >= 15 is 0 Å². The quantitative estimate of drug-likeness (QED) is 0.480. The van der Waals surface area contributed by atoms with Crippen LogP contribution in [0.1, 0.15) is 22.8 Å². The van der Waals surface area contributed by atoms with Crippen molar-refractivity contribution in [1.82, 2.24) is 0 Å². The number of benzene rings is 2. The van der Waals surface area contributed by atoms with E-state index in [-0.39, 0.29) is 19.1 Å². The molecular formula is C22H21ClN2O3S. The molecule has 0 atom stereocenters. The van der Waals surface area contributed by atoms with E-state index in [4.69, 9.17) is 16.3 Å². The standard InChI is InChI=1S/C22H21ClN2O3S/c1-3-28-22(27)20-17(16-9-4-5-10-18(16)23)13-29-21(20)25-19(26)12-24-15-8-6-7-14(2)11-15/h4-11,13,24H,3,12H2,1-2H3,(H,25,26). The Bertz CT molecular complexity index is 1030. The summed E-state index contributed by atoms with van der Waals surface area (Å²) < 4.78 is 5.21. The summed E-state index contributed by atoms with van der Waals surface area (Å²) in [7, 11) is 0. The molecule has 0 radical (unpaired) electrons. The van der Waals surface area contributed by atoms with E-state index in [9.17, 15) is 9.59 Å². The molecule has 29 heavy (non-hydrogen) atoms. The second kappa shape index (κ2) is 9.58. The van der Waals surface area contributed by atoms with Gasteiger partial charge in [-0.15, -0.1) is 11.3 Å². The molecule has 0 aliphatic carbocycles. The number of hydrogen-bond donors (Lipinski definition) is 2. The minimum atomic E-state index is -0.495. The maximum absolute atomic E-state index is 12.6. The Balaban J connectivity index is 1.82. The first-order chi connectivity index (χ1) is 14.0. The highest BCUT2D eigenvalue weighted by atomic mass is 35.5. The fourth-order valence-corrected chi connectivity index (χ4v) is 4.04. The summed E-state index contributed by atoms with van der Waals surface area (Å²) in [6.07, 6.45) is 0. The van der Waals surface area contributed by atoms with Crippen LogP contribution < -0.4 is 10.6 Å². The highest BCUT2D eigenvalue weighted by molar-refractivity contribution is 7.15. The second-order valence-electron chi connectivity index (χ2n) is 6.33. The van der Waals surface area contributed by atoms with Gasteiger partial charge in [0.05, 0.1) is 13.2 Å². The fourth-order valence-electron chi connectivity index (χ4n) is 2.84. The van der Waals surface area contributed by atoms with Crippen LogP contribution in [0.3, 0.4) is 0 Å². The van der Waals surface area contributed by atoms with E-state index in [0.29, 0.717) is 26.7 Å². The Morgan fingerprint density at radius 3 is 2.62 bits per heavy atom. The molecule has 0 fully saturated rings. The van der Waals surface area contributed by atoms with Gasteiger partial charge >= 0.3 is 5.97 Å². The van der Waals surface area contributed by atoms with Gasteiger partial charge in [-0.2, -0.15) is 0 Å². The van der Waals surface area contributed by atoms with Crippen molar-refractivity contribution in [3.8, 4) is 11.1 Å². The van der Waals surface area contributed by atoms with Gasteiger partial charge in [0, 0.05) is 27.2 Å². The van der Waals surface area contributed by atoms with Crippen molar-refractivity contribution < 1.29 is 14.3 Å². The van der Waals surface area contributed by atoms with Crippen molar-refractivity contribution >= 4 is 45.5 Å². The third-order valence-corrected chi connectivity index (χ3v) is 5.38. The van der Waals surface area contributed by atoms with Crippen LogP contribution in [0.4, 0.5) is 10.7 Å². The Kier molecular flexibility index (Phi) is 6.90. The summed E-state index contributed by atoms with van der Waals surface area (Å²) in [6.45, 7) is 4.03. The molecule has 0 saturated heterocycles. The summed E-state index contributed by atoms with van der Waals surface area (Å²) in [5.41, 5.74) is 3.62. The maximum atomic E-state index is 12.6. The van der Waals surface area contributed by atoms with E-state index < -0.39 is 5.97 Å². The number of hydrogen-bond acceptors (Lipinski definition) is 5. The van der Waals surface area contributed by atoms with Gasteiger partial charge < -0.3 is 15.4 Å². The summed E-state index contributed by atoms with van der Waals surface area (Å²) in [4.78, 5) is 25.1. The van der Waals surface area contributed by atoms with Gasteiger partial charge in [-0.25, -0.2) is 4.79 Å². The molecule has 2 aromatic carbocycles. The van der Waals surface area contributed by atoms with E-state index in [1.807, 2.05) is 49.4 Å². The van der Waals surface area contributed by atoms with E-state index in [0.717, 1.165) is 11.3 Å². The monoisotopic (exact) mass is 428 g/mol. The van der Waals surface area contributed by atoms with E-state index in [1.54, 1.807) is 18.4 Å².